The van der Waals surface area contributed by atoms with Gasteiger partial charge in [0, 0.05) is 50.0 Å². The topological polar surface area (TPSA) is 110 Å². The van der Waals surface area contributed by atoms with E-state index in [9.17, 15) is 27.6 Å². The summed E-state index contributed by atoms with van der Waals surface area (Å²) < 4.78 is 39.8. The van der Waals surface area contributed by atoms with Crippen molar-refractivity contribution in [3.05, 3.63) is 45.3 Å². The van der Waals surface area contributed by atoms with Gasteiger partial charge in [-0.2, -0.15) is 18.2 Å². The third-order valence-corrected chi connectivity index (χ3v) is 6.54. The number of hydrogen-bond acceptors (Lipinski definition) is 8. The summed E-state index contributed by atoms with van der Waals surface area (Å²) >= 11 is 11.9. The number of nitrogens with zero attached hydrogens (tertiary/aromatic N) is 6. The Labute approximate surface area is 231 Å². The summed E-state index contributed by atoms with van der Waals surface area (Å²) in [7, 11) is 1.24. The molecular weight excluding hydrogens is 566 g/mol. The molecule has 4 rings (SSSR count). The lowest BCUT2D eigenvalue weighted by atomic mass is 10.2. The molecular formula is C23H25Cl2F3N7O4+. The highest BCUT2D eigenvalue weighted by Crippen LogP contribution is 2.38. The molecule has 11 nitrogen and oxygen atoms in total. The zero-order chi connectivity index (χ0) is 28.7. The minimum absolute atomic E-state index is 0.0335. The number of fused-ring (bicyclic) bond motifs is 1. The van der Waals surface area contributed by atoms with E-state index in [2.05, 4.69) is 15.3 Å². The summed E-state index contributed by atoms with van der Waals surface area (Å²) in [4.78, 5) is 55.9. The second-order valence-electron chi connectivity index (χ2n) is 9.26. The van der Waals surface area contributed by atoms with E-state index in [1.807, 2.05) is 18.7 Å². The number of imidazole rings is 1. The molecule has 1 fully saturated rings. The summed E-state index contributed by atoms with van der Waals surface area (Å²) in [6.45, 7) is 5.31. The Bertz CT molecular complexity index is 1330. The van der Waals surface area contributed by atoms with Crippen molar-refractivity contribution in [1.29, 1.82) is 0 Å². The van der Waals surface area contributed by atoms with Gasteiger partial charge in [-0.25, -0.2) is 29.1 Å². The van der Waals surface area contributed by atoms with Crippen LogP contribution in [0.3, 0.4) is 0 Å². The minimum Gasteiger partial charge on any atom is -0.340 e. The number of aromatic nitrogens is 3. The minimum atomic E-state index is -5.49. The van der Waals surface area contributed by atoms with Gasteiger partial charge < -0.3 is 10.2 Å². The van der Waals surface area contributed by atoms with E-state index in [0.717, 1.165) is 10.5 Å². The maximum absolute atomic E-state index is 14.2. The fourth-order valence-corrected chi connectivity index (χ4v) is 4.83. The normalized spacial score (nSPS) is 19.7. The molecule has 4 heterocycles. The van der Waals surface area contributed by atoms with Gasteiger partial charge >= 0.3 is 24.1 Å². The van der Waals surface area contributed by atoms with Gasteiger partial charge in [0.25, 0.3) is 0 Å². The van der Waals surface area contributed by atoms with Gasteiger partial charge in [-0.1, -0.05) is 34.9 Å². The van der Waals surface area contributed by atoms with Crippen molar-refractivity contribution in [2.75, 3.05) is 43.0 Å². The van der Waals surface area contributed by atoms with Crippen LogP contribution in [0.2, 0.25) is 10.3 Å². The maximum atomic E-state index is 14.2. The number of hydroxylamine groups is 3. The Balaban J connectivity index is 1.93. The number of rotatable bonds is 6. The number of quaternary nitrogens is 1. The van der Waals surface area contributed by atoms with E-state index in [4.69, 9.17) is 28.0 Å². The van der Waals surface area contributed by atoms with E-state index in [0.29, 0.717) is 32.1 Å². The molecule has 2 aliphatic heterocycles. The summed E-state index contributed by atoms with van der Waals surface area (Å²) in [6.07, 6.45) is -3.69. The predicted octanol–water partition coefficient (Wildman–Crippen LogP) is 3.71. The number of halogens is 5. The van der Waals surface area contributed by atoms with Gasteiger partial charge in [0.1, 0.15) is 10.3 Å². The smallest absolute Gasteiger partial charge is 0.340 e. The van der Waals surface area contributed by atoms with E-state index in [1.165, 1.54) is 23.7 Å². The van der Waals surface area contributed by atoms with Gasteiger partial charge in [0.15, 0.2) is 18.1 Å². The van der Waals surface area contributed by atoms with Gasteiger partial charge in [-0.3, -0.25) is 4.57 Å². The van der Waals surface area contributed by atoms with Crippen LogP contribution in [0.5, 0.6) is 0 Å². The summed E-state index contributed by atoms with van der Waals surface area (Å²) in [5, 5.41) is 2.93. The quantitative estimate of drug-likeness (QED) is 0.308. The van der Waals surface area contributed by atoms with Crippen molar-refractivity contribution >= 4 is 52.9 Å². The van der Waals surface area contributed by atoms with E-state index >= 15 is 0 Å². The first-order chi connectivity index (χ1) is 18.2. The zero-order valence-electron chi connectivity index (χ0n) is 21.2. The molecule has 0 bridgehead atoms. The van der Waals surface area contributed by atoms with Crippen molar-refractivity contribution in [2.24, 2.45) is 0 Å². The van der Waals surface area contributed by atoms with E-state index in [1.54, 1.807) is 6.08 Å². The van der Waals surface area contributed by atoms with Crippen LogP contribution in [0.4, 0.5) is 29.7 Å². The van der Waals surface area contributed by atoms with Crippen molar-refractivity contribution < 1.29 is 37.0 Å². The molecule has 2 aromatic heterocycles. The predicted molar refractivity (Wildman–Crippen MR) is 135 cm³/mol. The monoisotopic (exact) mass is 590 g/mol. The lowest BCUT2D eigenvalue weighted by Gasteiger charge is -2.35. The number of carbonyl (C=O) groups is 3. The van der Waals surface area contributed by atoms with Crippen LogP contribution in [-0.4, -0.2) is 76.5 Å². The molecule has 1 saturated heterocycles. The van der Waals surface area contributed by atoms with E-state index < -0.39 is 35.3 Å². The second kappa shape index (κ2) is 10.8. The van der Waals surface area contributed by atoms with Crippen LogP contribution < -0.4 is 15.1 Å². The SMILES string of the molecule is CC(C)=CCn1c(N2CCNCC2)nc2c1C(=O)[N+](Cc1cc(Cl)nc(Cl)c1)(OC(=O)C(F)(F)F)C(=O)N2C. The van der Waals surface area contributed by atoms with Crippen LogP contribution in [0.15, 0.2) is 23.8 Å². The number of allylic oxidation sites excluding steroid dienone is 2. The average Bonchev–Trinajstić information content (AvgIpc) is 3.24. The molecule has 2 aromatic rings. The number of amides is 3. The highest BCUT2D eigenvalue weighted by Gasteiger charge is 2.63. The molecule has 0 aliphatic carbocycles. The van der Waals surface area contributed by atoms with E-state index in [-0.39, 0.29) is 33.9 Å². The number of urea groups is 1. The highest BCUT2D eigenvalue weighted by molar-refractivity contribution is 6.32. The molecule has 0 aromatic carbocycles. The molecule has 1 N–H and O–H groups in total. The van der Waals surface area contributed by atoms with Crippen molar-refractivity contribution in [2.45, 2.75) is 33.1 Å². The molecule has 0 radical (unpaired) electrons. The van der Waals surface area contributed by atoms with Gasteiger partial charge in [0.2, 0.25) is 5.95 Å². The van der Waals surface area contributed by atoms with Crippen LogP contribution in [0, 0.1) is 0 Å². The summed E-state index contributed by atoms with van der Waals surface area (Å²) in [5.74, 6) is -3.64. The first-order valence-electron chi connectivity index (χ1n) is 11.8. The van der Waals surface area contributed by atoms with Gasteiger partial charge in [-0.05, 0) is 26.0 Å². The fraction of sp³-hybridized carbons (Fsp3) is 0.435. The lowest BCUT2D eigenvalue weighted by molar-refractivity contribution is -0.967. The number of hydrogen-bond donors (Lipinski definition) is 1. The second-order valence-corrected chi connectivity index (χ2v) is 10.0. The first-order valence-corrected chi connectivity index (χ1v) is 12.5. The molecule has 1 unspecified atom stereocenters. The number of alkyl halides is 3. The molecule has 39 heavy (non-hydrogen) atoms. The van der Waals surface area contributed by atoms with Crippen molar-refractivity contribution in [3.8, 4) is 0 Å². The van der Waals surface area contributed by atoms with Crippen LogP contribution in [0.25, 0.3) is 0 Å². The largest absolute Gasteiger partial charge is 0.497 e. The van der Waals surface area contributed by atoms with Crippen LogP contribution in [0.1, 0.15) is 29.9 Å². The first kappa shape index (κ1) is 28.8. The molecule has 3 amide bonds. The van der Waals surface area contributed by atoms with Gasteiger partial charge in [0.05, 0.1) is 0 Å². The van der Waals surface area contributed by atoms with Crippen molar-refractivity contribution in [1.82, 2.24) is 19.9 Å². The molecule has 1 atom stereocenters. The zero-order valence-corrected chi connectivity index (χ0v) is 22.7. The highest BCUT2D eigenvalue weighted by atomic mass is 35.5. The Morgan fingerprint density at radius 1 is 1.15 bits per heavy atom. The standard InChI is InChI=1S/C23H25Cl2F3N7O4/c1-13(2)4-7-34-17-18(31-21(34)33-8-5-29-6-9-33)32(3)22(38)35(19(17)36,39-20(37)23(26,27)28)12-14-10-15(24)30-16(25)11-14/h4,10-11,29H,5-9,12H2,1-3H3/q+1. The fourth-order valence-electron chi connectivity index (χ4n) is 4.33. The Kier molecular flexibility index (Phi) is 7.94. The molecule has 0 spiro atoms. The number of carbonyl (C=O) groups excluding carboxylic acids is 3. The van der Waals surface area contributed by atoms with Crippen LogP contribution >= 0.6 is 23.2 Å². The van der Waals surface area contributed by atoms with Gasteiger partial charge in [-0.15, -0.1) is 0 Å². The Morgan fingerprint density at radius 3 is 2.33 bits per heavy atom. The summed E-state index contributed by atoms with van der Waals surface area (Å²) in [6, 6.07) is 1.16. The number of anilines is 2. The molecule has 16 heteroatoms. The number of pyridine rings is 1. The Morgan fingerprint density at radius 2 is 1.77 bits per heavy atom. The third kappa shape index (κ3) is 5.60. The number of imide groups is 1. The number of nitrogens with one attached hydrogen (secondary N) is 1. The summed E-state index contributed by atoms with van der Waals surface area (Å²) in [5.41, 5.74) is 0.747. The number of piperazine rings is 1. The maximum Gasteiger partial charge on any atom is 0.497 e. The Hall–Kier alpha value is -3.20. The van der Waals surface area contributed by atoms with Crippen molar-refractivity contribution in [3.63, 3.8) is 0 Å². The third-order valence-electron chi connectivity index (χ3n) is 6.15. The average molecular weight is 591 g/mol. The van der Waals surface area contributed by atoms with Crippen LogP contribution in [-0.2, 0) is 22.7 Å². The molecule has 210 valence electrons. The molecule has 0 saturated carbocycles. The molecule has 2 aliphatic rings. The lowest BCUT2D eigenvalue weighted by Crippen LogP contribution is -2.65.